The van der Waals surface area contributed by atoms with Gasteiger partial charge in [-0.15, -0.1) is 16.3 Å². The molecule has 0 spiro atoms. The number of nitrogens with two attached hydrogens (primary N) is 1. The van der Waals surface area contributed by atoms with E-state index in [2.05, 4.69) is 15.9 Å². The average Bonchev–Trinajstić information content (AvgIpc) is 3.29. The van der Waals surface area contributed by atoms with Crippen molar-refractivity contribution < 1.29 is 34.1 Å². The monoisotopic (exact) mass is 494 g/mol. The first kappa shape index (κ1) is 27.4. The Morgan fingerprint density at radius 1 is 1.18 bits per heavy atom. The number of nitrogens with one attached hydrogen (secondary N) is 3. The van der Waals surface area contributed by atoms with Crippen LogP contribution < -0.4 is 21.4 Å². The summed E-state index contributed by atoms with van der Waals surface area (Å²) in [7, 11) is 1.48. The summed E-state index contributed by atoms with van der Waals surface area (Å²) in [6, 6.07) is 9.88. The molecule has 0 aliphatic heterocycles. The molecule has 11 nitrogen and oxygen atoms in total. The van der Waals surface area contributed by atoms with Crippen LogP contribution in [0.3, 0.4) is 0 Å². The van der Waals surface area contributed by atoms with E-state index >= 15 is 0 Å². The third kappa shape index (κ3) is 7.87. The van der Waals surface area contributed by atoms with Gasteiger partial charge < -0.3 is 15.6 Å². The highest BCUT2D eigenvalue weighted by atomic mass is 32.1. The van der Waals surface area contributed by atoms with Gasteiger partial charge in [0.2, 0.25) is 6.10 Å². The Kier molecular flexibility index (Phi) is 10.6. The van der Waals surface area contributed by atoms with Crippen molar-refractivity contribution in [3.8, 4) is 5.75 Å². The predicted octanol–water partition coefficient (Wildman–Crippen LogP) is 2.41. The van der Waals surface area contributed by atoms with E-state index in [1.54, 1.807) is 30.3 Å². The second kappa shape index (κ2) is 13.1. The third-order valence-corrected chi connectivity index (χ3v) is 6.22. The van der Waals surface area contributed by atoms with Crippen LogP contribution in [0, 0.1) is 5.41 Å². The van der Waals surface area contributed by atoms with Crippen molar-refractivity contribution in [1.82, 2.24) is 11.0 Å². The molecule has 1 unspecified atom stereocenters. The van der Waals surface area contributed by atoms with Crippen molar-refractivity contribution in [2.24, 2.45) is 5.73 Å². The average molecular weight is 495 g/mol. The molecule has 0 amide bonds. The Labute approximate surface area is 201 Å². The molecule has 186 valence electrons. The van der Waals surface area contributed by atoms with Gasteiger partial charge in [-0.25, -0.2) is 14.5 Å². The minimum atomic E-state index is -1.28. The van der Waals surface area contributed by atoms with Gasteiger partial charge in [0.05, 0.1) is 0 Å². The smallest absolute Gasteiger partial charge is 0.353 e. The van der Waals surface area contributed by atoms with Crippen molar-refractivity contribution in [3.05, 3.63) is 51.7 Å². The number of esters is 1. The zero-order valence-electron chi connectivity index (χ0n) is 19.3. The van der Waals surface area contributed by atoms with E-state index in [0.717, 1.165) is 4.88 Å². The Balaban J connectivity index is 2.02. The normalized spacial score (nSPS) is 12.3. The Bertz CT molecular complexity index is 960. The van der Waals surface area contributed by atoms with Gasteiger partial charge in [0.1, 0.15) is 23.1 Å². The molecular formula is C22H30N4O7S. The maximum atomic E-state index is 12.6. The predicted molar refractivity (Wildman–Crippen MR) is 125 cm³/mol. The first-order chi connectivity index (χ1) is 16.2. The van der Waals surface area contributed by atoms with Gasteiger partial charge in [-0.2, -0.15) is 11.0 Å². The number of nitrogen functional groups attached to an aromatic ring is 1. The molecule has 6 N–H and O–H groups in total. The zero-order chi connectivity index (χ0) is 25.1. The van der Waals surface area contributed by atoms with Gasteiger partial charge in [0, 0.05) is 29.4 Å². The van der Waals surface area contributed by atoms with Crippen LogP contribution in [0.1, 0.15) is 46.8 Å². The number of amidine groups is 1. The molecule has 1 atom stereocenters. The van der Waals surface area contributed by atoms with E-state index in [-0.39, 0.29) is 12.4 Å². The number of carbonyl (C=O) groups excluding carboxylic acids is 1. The number of hydrogen-bond acceptors (Lipinski definition) is 10. The van der Waals surface area contributed by atoms with Gasteiger partial charge in [0.25, 0.3) is 0 Å². The van der Waals surface area contributed by atoms with Crippen molar-refractivity contribution in [2.45, 2.75) is 44.8 Å². The van der Waals surface area contributed by atoms with Crippen LogP contribution in [-0.4, -0.2) is 48.2 Å². The minimum absolute atomic E-state index is 0.0674. The molecule has 0 saturated heterocycles. The van der Waals surface area contributed by atoms with Crippen molar-refractivity contribution in [2.75, 3.05) is 13.7 Å². The van der Waals surface area contributed by atoms with Gasteiger partial charge in [0.15, 0.2) is 0 Å². The number of carbonyl (C=O) groups is 2. The van der Waals surface area contributed by atoms with Crippen LogP contribution in [0.15, 0.2) is 36.4 Å². The lowest BCUT2D eigenvalue weighted by Crippen LogP contribution is -2.49. The zero-order valence-corrected chi connectivity index (χ0v) is 20.1. The van der Waals surface area contributed by atoms with Gasteiger partial charge in [-0.05, 0) is 49.2 Å². The van der Waals surface area contributed by atoms with Crippen molar-refractivity contribution in [1.29, 1.82) is 5.41 Å². The molecule has 0 radical (unpaired) electrons. The first-order valence-electron chi connectivity index (χ1n) is 10.6. The molecular weight excluding hydrogens is 464 g/mol. The molecule has 0 aliphatic rings. The van der Waals surface area contributed by atoms with Gasteiger partial charge in [-0.1, -0.05) is 13.8 Å². The van der Waals surface area contributed by atoms with Gasteiger partial charge >= 0.3 is 11.9 Å². The summed E-state index contributed by atoms with van der Waals surface area (Å²) in [5.74, 6) is -1.42. The highest BCUT2D eigenvalue weighted by Gasteiger charge is 2.31. The topological polar surface area (TPSA) is 165 Å². The van der Waals surface area contributed by atoms with Crippen LogP contribution in [0.25, 0.3) is 0 Å². The summed E-state index contributed by atoms with van der Waals surface area (Å²) < 4.78 is 5.41. The second-order valence-electron chi connectivity index (χ2n) is 7.38. The summed E-state index contributed by atoms with van der Waals surface area (Å²) in [5.41, 5.74) is 10.6. The summed E-state index contributed by atoms with van der Waals surface area (Å²) in [5, 5.41) is 16.8. The largest absolute Gasteiger partial charge is 0.479 e. The number of thiophene rings is 1. The number of carboxylic acid groups (broad SMARTS) is 1. The Hall–Kier alpha value is -2.87. The number of rotatable bonds is 15. The molecule has 0 saturated carbocycles. The van der Waals surface area contributed by atoms with Gasteiger partial charge in [-0.3, -0.25) is 10.2 Å². The summed E-state index contributed by atoms with van der Waals surface area (Å²) in [4.78, 5) is 40.0. The van der Waals surface area contributed by atoms with Crippen LogP contribution >= 0.6 is 11.3 Å². The van der Waals surface area contributed by atoms with E-state index in [9.17, 15) is 14.7 Å². The van der Waals surface area contributed by atoms with Crippen LogP contribution in [0.5, 0.6) is 5.75 Å². The lowest BCUT2D eigenvalue weighted by atomic mass is 9.89. The van der Waals surface area contributed by atoms with E-state index in [1.165, 1.54) is 18.4 Å². The second-order valence-corrected chi connectivity index (χ2v) is 8.54. The third-order valence-electron chi connectivity index (χ3n) is 5.16. The first-order valence-corrected chi connectivity index (χ1v) is 11.4. The van der Waals surface area contributed by atoms with Crippen LogP contribution in [0.4, 0.5) is 0 Å². The minimum Gasteiger partial charge on any atom is -0.479 e. The molecule has 2 rings (SSSR count). The maximum Gasteiger partial charge on any atom is 0.353 e. The molecule has 0 fully saturated rings. The highest BCUT2D eigenvalue weighted by Crippen LogP contribution is 2.27. The fraction of sp³-hybridized carbons (Fsp3) is 0.409. The number of hydrogen-bond donors (Lipinski definition) is 5. The van der Waals surface area contributed by atoms with E-state index in [4.69, 9.17) is 25.6 Å². The lowest BCUT2D eigenvalue weighted by Gasteiger charge is -2.33. The summed E-state index contributed by atoms with van der Waals surface area (Å²) in [6.07, 6.45) is 0.508. The quantitative estimate of drug-likeness (QED) is 0.0472. The Morgan fingerprint density at radius 3 is 2.41 bits per heavy atom. The maximum absolute atomic E-state index is 12.6. The van der Waals surface area contributed by atoms with Crippen molar-refractivity contribution >= 4 is 29.1 Å². The SMILES string of the molecule is CCC(CC)(Cc1ccc(C(=O)Oc2ccc(C(=N)N)cc2)s1)NOC(COONC)C(=O)O. The van der Waals surface area contributed by atoms with Crippen LogP contribution in [-0.2, 0) is 25.9 Å². The number of aliphatic carboxylic acids is 1. The van der Waals surface area contributed by atoms with E-state index < -0.39 is 23.6 Å². The Morgan fingerprint density at radius 2 is 1.85 bits per heavy atom. The molecule has 34 heavy (non-hydrogen) atoms. The number of ether oxygens (including phenoxy) is 1. The highest BCUT2D eigenvalue weighted by molar-refractivity contribution is 7.13. The van der Waals surface area contributed by atoms with E-state index in [1.807, 2.05) is 19.9 Å². The molecule has 1 heterocycles. The summed E-state index contributed by atoms with van der Waals surface area (Å²) >= 11 is 1.29. The fourth-order valence-corrected chi connectivity index (χ4v) is 3.99. The lowest BCUT2D eigenvalue weighted by molar-refractivity contribution is -0.343. The molecule has 1 aromatic carbocycles. The number of carboxylic acids is 1. The molecule has 2 aromatic rings. The molecule has 1 aromatic heterocycles. The standard InChI is InChI=1S/C22H30N4O7S/c1-4-22(5-2,26-32-17(20(27)28)13-30-33-25-3)12-16-10-11-18(34-16)21(29)31-15-8-6-14(7-9-15)19(23)24/h6-11,17,25-26H,4-5,12-13H2,1-3H3,(H3,23,24)(H,27,28). The van der Waals surface area contributed by atoms with E-state index in [0.29, 0.717) is 35.5 Å². The molecule has 0 aliphatic carbocycles. The van der Waals surface area contributed by atoms with Crippen LogP contribution in [0.2, 0.25) is 0 Å². The number of hydroxylamine groups is 2. The van der Waals surface area contributed by atoms with Crippen molar-refractivity contribution in [3.63, 3.8) is 0 Å². The molecule has 0 bridgehead atoms. The number of benzene rings is 1. The fourth-order valence-electron chi connectivity index (χ4n) is 2.96. The molecule has 12 heteroatoms. The summed E-state index contributed by atoms with van der Waals surface area (Å²) in [6.45, 7) is 3.60.